The third-order valence-corrected chi connectivity index (χ3v) is 7.60. The number of aliphatic imine (C=N–C) groups is 1. The maximum Gasteiger partial charge on any atom is 0.387 e. The molecular formula is C23H32F2N4O2. The van der Waals surface area contributed by atoms with Crippen molar-refractivity contribution >= 4 is 11.6 Å². The summed E-state index contributed by atoms with van der Waals surface area (Å²) < 4.78 is 36.3. The molecule has 0 bridgehead atoms. The van der Waals surface area contributed by atoms with E-state index in [4.69, 9.17) is 14.5 Å². The number of rotatable bonds is 6. The molecule has 2 saturated carbocycles. The Bertz CT molecular complexity index is 817. The Morgan fingerprint density at radius 1 is 1.29 bits per heavy atom. The quantitative estimate of drug-likeness (QED) is 0.531. The summed E-state index contributed by atoms with van der Waals surface area (Å²) in [4.78, 5) is 6.82. The van der Waals surface area contributed by atoms with E-state index < -0.39 is 6.61 Å². The number of ether oxygens (including phenoxy) is 2. The van der Waals surface area contributed by atoms with Crippen molar-refractivity contribution < 1.29 is 18.3 Å². The van der Waals surface area contributed by atoms with Gasteiger partial charge in [0.25, 0.3) is 0 Å². The normalized spacial score (nSPS) is 31.4. The van der Waals surface area contributed by atoms with Crippen molar-refractivity contribution in [3.05, 3.63) is 24.3 Å². The molecular weight excluding hydrogens is 402 g/mol. The van der Waals surface area contributed by atoms with Gasteiger partial charge < -0.3 is 25.0 Å². The number of anilines is 1. The van der Waals surface area contributed by atoms with E-state index in [1.165, 1.54) is 19.3 Å². The molecule has 0 radical (unpaired) electrons. The lowest BCUT2D eigenvalue weighted by molar-refractivity contribution is -0.171. The molecule has 4 aliphatic rings. The number of hydrogen-bond donors (Lipinski definition) is 2. The van der Waals surface area contributed by atoms with E-state index in [1.807, 2.05) is 19.1 Å². The summed E-state index contributed by atoms with van der Waals surface area (Å²) >= 11 is 0. The van der Waals surface area contributed by atoms with Crippen molar-refractivity contribution in [2.24, 2.45) is 16.3 Å². The molecule has 4 fully saturated rings. The highest BCUT2D eigenvalue weighted by Gasteiger charge is 2.66. The smallest absolute Gasteiger partial charge is 0.387 e. The van der Waals surface area contributed by atoms with Crippen LogP contribution in [0.4, 0.5) is 14.5 Å². The molecule has 1 spiro atoms. The van der Waals surface area contributed by atoms with E-state index >= 15 is 0 Å². The first-order valence-electron chi connectivity index (χ1n) is 11.6. The Morgan fingerprint density at radius 2 is 2.13 bits per heavy atom. The molecule has 170 valence electrons. The van der Waals surface area contributed by atoms with Gasteiger partial charge in [-0.1, -0.05) is 18.6 Å². The number of benzene rings is 1. The molecule has 0 amide bonds. The van der Waals surface area contributed by atoms with Gasteiger partial charge in [0.05, 0.1) is 11.8 Å². The average Bonchev–Trinajstić information content (AvgIpc) is 3.33. The molecule has 2 N–H and O–H groups in total. The predicted molar refractivity (Wildman–Crippen MR) is 116 cm³/mol. The molecule has 0 aromatic heterocycles. The molecule has 1 aromatic carbocycles. The zero-order valence-corrected chi connectivity index (χ0v) is 18.0. The maximum absolute atomic E-state index is 12.8. The number of hydrogen-bond acceptors (Lipinski definition) is 4. The van der Waals surface area contributed by atoms with Crippen LogP contribution in [0, 0.1) is 11.3 Å². The lowest BCUT2D eigenvalue weighted by Gasteiger charge is -2.63. The van der Waals surface area contributed by atoms with Crippen LogP contribution < -0.4 is 20.3 Å². The fourth-order valence-electron chi connectivity index (χ4n) is 6.10. The summed E-state index contributed by atoms with van der Waals surface area (Å²) in [6.07, 6.45) is 6.23. The van der Waals surface area contributed by atoms with Gasteiger partial charge in [-0.05, 0) is 44.7 Å². The summed E-state index contributed by atoms with van der Waals surface area (Å²) in [6.45, 7) is 2.31. The first-order valence-corrected chi connectivity index (χ1v) is 11.6. The topological polar surface area (TPSA) is 58.1 Å². The third kappa shape index (κ3) is 3.73. The highest BCUT2D eigenvalue weighted by Crippen LogP contribution is 2.62. The van der Waals surface area contributed by atoms with Crippen LogP contribution in [0.2, 0.25) is 0 Å². The lowest BCUT2D eigenvalue weighted by atomic mass is 9.46. The summed E-state index contributed by atoms with van der Waals surface area (Å²) in [5.74, 6) is 1.68. The van der Waals surface area contributed by atoms with Crippen LogP contribution in [-0.4, -0.2) is 57.0 Å². The van der Waals surface area contributed by atoms with Gasteiger partial charge in [-0.3, -0.25) is 4.99 Å². The number of fused-ring (bicyclic) bond motifs is 2. The highest BCUT2D eigenvalue weighted by atomic mass is 19.3. The number of alkyl halides is 2. The molecule has 2 aliphatic carbocycles. The van der Waals surface area contributed by atoms with Gasteiger partial charge >= 0.3 is 6.61 Å². The Morgan fingerprint density at radius 3 is 2.87 bits per heavy atom. The summed E-state index contributed by atoms with van der Waals surface area (Å²) in [5.41, 5.74) is 1.01. The van der Waals surface area contributed by atoms with E-state index in [-0.39, 0.29) is 11.8 Å². The number of nitrogens with zero attached hydrogens (tertiary/aromatic N) is 2. The highest BCUT2D eigenvalue weighted by molar-refractivity contribution is 5.81. The molecule has 6 nitrogen and oxygen atoms in total. The molecule has 31 heavy (non-hydrogen) atoms. The molecule has 2 aliphatic heterocycles. The third-order valence-electron chi connectivity index (χ3n) is 7.60. The number of halogens is 2. The molecule has 4 unspecified atom stereocenters. The van der Waals surface area contributed by atoms with Crippen molar-refractivity contribution in [3.63, 3.8) is 0 Å². The fraction of sp³-hybridized carbons (Fsp3) is 0.696. The maximum atomic E-state index is 12.8. The Kier molecular flexibility index (Phi) is 5.67. The number of guanidine groups is 1. The van der Waals surface area contributed by atoms with Gasteiger partial charge in [0.2, 0.25) is 0 Å². The molecule has 8 heteroatoms. The fourth-order valence-corrected chi connectivity index (χ4v) is 6.10. The first kappa shape index (κ1) is 20.8. The second-order valence-corrected chi connectivity index (χ2v) is 9.20. The lowest BCUT2D eigenvalue weighted by Crippen LogP contribution is -2.72. The van der Waals surface area contributed by atoms with Crippen molar-refractivity contribution in [1.82, 2.24) is 10.6 Å². The summed E-state index contributed by atoms with van der Waals surface area (Å²) in [6, 6.07) is 7.65. The van der Waals surface area contributed by atoms with Crippen molar-refractivity contribution in [1.29, 1.82) is 0 Å². The number of nitrogens with one attached hydrogen (secondary N) is 2. The SMILES string of the molecule is CCN=C(NC1CCN(c2ccccc2OC(F)F)C1)NC1C2CCOC2C12CCC2. The number of para-hydroxylation sites is 2. The zero-order valence-electron chi connectivity index (χ0n) is 18.0. The first-order chi connectivity index (χ1) is 15.1. The van der Waals surface area contributed by atoms with Gasteiger partial charge in [0.15, 0.2) is 5.96 Å². The minimum Gasteiger partial charge on any atom is -0.433 e. The van der Waals surface area contributed by atoms with Gasteiger partial charge in [0, 0.05) is 49.7 Å². The van der Waals surface area contributed by atoms with Crippen molar-refractivity contribution in [2.45, 2.75) is 63.8 Å². The van der Waals surface area contributed by atoms with Gasteiger partial charge in [-0.15, -0.1) is 0 Å². The largest absolute Gasteiger partial charge is 0.433 e. The van der Waals surface area contributed by atoms with Crippen LogP contribution in [0.15, 0.2) is 29.3 Å². The van der Waals surface area contributed by atoms with Gasteiger partial charge in [-0.2, -0.15) is 8.78 Å². The molecule has 1 aromatic rings. The minimum absolute atomic E-state index is 0.199. The second kappa shape index (κ2) is 8.45. The van der Waals surface area contributed by atoms with Crippen molar-refractivity contribution in [3.8, 4) is 5.75 Å². The molecule has 2 saturated heterocycles. The van der Waals surface area contributed by atoms with Gasteiger partial charge in [-0.25, -0.2) is 0 Å². The van der Waals surface area contributed by atoms with Crippen LogP contribution in [0.3, 0.4) is 0 Å². The summed E-state index contributed by atoms with van der Waals surface area (Å²) in [5, 5.41) is 7.36. The van der Waals surface area contributed by atoms with E-state index in [1.54, 1.807) is 12.1 Å². The van der Waals surface area contributed by atoms with Crippen LogP contribution in [0.1, 0.15) is 39.0 Å². The molecule has 2 heterocycles. The standard InChI is InChI=1S/C23H32F2N4O2/c1-2-26-22(28-19-16-9-13-30-20(16)23(19)10-5-11-23)27-15-8-12-29(14-15)17-6-3-4-7-18(17)31-21(24)25/h3-4,6-7,15-16,19-21H,2,5,8-14H2,1H3,(H2,26,27,28). The van der Waals surface area contributed by atoms with Crippen LogP contribution in [-0.2, 0) is 4.74 Å². The van der Waals surface area contributed by atoms with Crippen LogP contribution >= 0.6 is 0 Å². The van der Waals surface area contributed by atoms with E-state index in [0.29, 0.717) is 35.7 Å². The Balaban J connectivity index is 1.23. The van der Waals surface area contributed by atoms with Crippen LogP contribution in [0.25, 0.3) is 0 Å². The van der Waals surface area contributed by atoms with E-state index in [9.17, 15) is 8.78 Å². The van der Waals surface area contributed by atoms with Gasteiger partial charge in [0.1, 0.15) is 5.75 Å². The Labute approximate surface area is 182 Å². The predicted octanol–water partition coefficient (Wildman–Crippen LogP) is 3.38. The monoisotopic (exact) mass is 434 g/mol. The average molecular weight is 435 g/mol. The second-order valence-electron chi connectivity index (χ2n) is 9.20. The zero-order chi connectivity index (χ0) is 21.4. The Hall–Kier alpha value is -2.09. The van der Waals surface area contributed by atoms with E-state index in [0.717, 1.165) is 38.5 Å². The summed E-state index contributed by atoms with van der Waals surface area (Å²) in [7, 11) is 0. The van der Waals surface area contributed by atoms with E-state index in [2.05, 4.69) is 15.5 Å². The molecule has 4 atom stereocenters. The van der Waals surface area contributed by atoms with Crippen molar-refractivity contribution in [2.75, 3.05) is 31.1 Å². The van der Waals surface area contributed by atoms with Crippen LogP contribution in [0.5, 0.6) is 5.75 Å². The minimum atomic E-state index is -2.82. The molecule has 5 rings (SSSR count).